The smallest absolute Gasteiger partial charge is 0.150 e. The van der Waals surface area contributed by atoms with Crippen LogP contribution in [-0.4, -0.2) is 42.9 Å². The Kier molecular flexibility index (Phi) is 10.4. The van der Waals surface area contributed by atoms with Gasteiger partial charge >= 0.3 is 0 Å². The Balaban J connectivity index is 1.41. The number of aromatic nitrogens is 1. The summed E-state index contributed by atoms with van der Waals surface area (Å²) < 4.78 is 0. The first-order chi connectivity index (χ1) is 23.5. The molecule has 0 saturated carbocycles. The Morgan fingerprint density at radius 1 is 0.646 bits per heavy atom. The maximum atomic E-state index is 5.34. The van der Waals surface area contributed by atoms with E-state index in [0.717, 1.165) is 59.7 Å². The molecule has 48 heavy (non-hydrogen) atoms. The number of benzene rings is 4. The first-order valence-corrected chi connectivity index (χ1v) is 17.4. The number of pyridine rings is 1. The van der Waals surface area contributed by atoms with Crippen molar-refractivity contribution in [2.24, 2.45) is 5.10 Å². The molecule has 244 valence electrons. The third kappa shape index (κ3) is 7.06. The molecule has 0 bridgehead atoms. The fraction of sp³-hybridized carbons (Fsp3) is 0.256. The molecule has 0 fully saturated rings. The van der Waals surface area contributed by atoms with Gasteiger partial charge in [0.25, 0.3) is 0 Å². The molecule has 1 aromatic heterocycles. The number of rotatable bonds is 12. The normalized spacial score (nSPS) is 16.3. The molecule has 0 amide bonds. The minimum Gasteiger partial charge on any atom is -0.372 e. The highest BCUT2D eigenvalue weighted by atomic mass is 15.5. The van der Waals surface area contributed by atoms with Gasteiger partial charge in [-0.3, -0.25) is 0 Å². The first-order valence-electron chi connectivity index (χ1n) is 17.4. The fourth-order valence-corrected chi connectivity index (χ4v) is 6.74. The van der Waals surface area contributed by atoms with Crippen molar-refractivity contribution < 1.29 is 0 Å². The Bertz CT molecular complexity index is 1880. The lowest BCUT2D eigenvalue weighted by molar-refractivity contribution is 0.716. The largest absolute Gasteiger partial charge is 0.372 e. The van der Waals surface area contributed by atoms with Gasteiger partial charge in [0.05, 0.1) is 23.2 Å². The molecule has 5 nitrogen and oxygen atoms in total. The molecule has 1 aliphatic heterocycles. The standard InChI is InChI=1S/C43H47N5/c1-6-46(7-2)36-25-19-33(20-26-36)23-29-40-43(35-15-11-10-12-16-35)41(30-24-34-21-27-37(28-22-34)47(8-3)9-4)48(45-40)42-31-32(5)38-17-13-14-18-39(38)44-42/h10-31,41,43H,6-9H2,1-5H3. The number of nitrogens with zero attached hydrogens (tertiary/aromatic N) is 5. The van der Waals surface area contributed by atoms with Crippen molar-refractivity contribution in [1.29, 1.82) is 0 Å². The predicted octanol–water partition coefficient (Wildman–Crippen LogP) is 9.99. The summed E-state index contributed by atoms with van der Waals surface area (Å²) in [5.41, 5.74) is 9.21. The van der Waals surface area contributed by atoms with Gasteiger partial charge in [0, 0.05) is 42.9 Å². The summed E-state index contributed by atoms with van der Waals surface area (Å²) in [4.78, 5) is 9.88. The molecule has 2 atom stereocenters. The molecule has 4 aromatic carbocycles. The van der Waals surface area contributed by atoms with Crippen LogP contribution in [0.3, 0.4) is 0 Å². The van der Waals surface area contributed by atoms with Crippen molar-refractivity contribution in [3.05, 3.63) is 144 Å². The Labute approximate surface area is 286 Å². The van der Waals surface area contributed by atoms with E-state index >= 15 is 0 Å². The Morgan fingerprint density at radius 3 is 1.81 bits per heavy atom. The van der Waals surface area contributed by atoms with E-state index in [4.69, 9.17) is 10.1 Å². The molecule has 0 spiro atoms. The van der Waals surface area contributed by atoms with Crippen molar-refractivity contribution in [1.82, 2.24) is 4.98 Å². The number of anilines is 3. The average Bonchev–Trinajstić information content (AvgIpc) is 3.50. The van der Waals surface area contributed by atoms with E-state index < -0.39 is 0 Å². The second kappa shape index (κ2) is 15.2. The first kappa shape index (κ1) is 32.8. The molecule has 0 radical (unpaired) electrons. The van der Waals surface area contributed by atoms with Crippen LogP contribution in [0.4, 0.5) is 17.2 Å². The molecule has 0 aliphatic carbocycles. The highest BCUT2D eigenvalue weighted by molar-refractivity contribution is 6.06. The van der Waals surface area contributed by atoms with Gasteiger partial charge in [0.15, 0.2) is 0 Å². The molecule has 1 aliphatic rings. The van der Waals surface area contributed by atoms with Crippen molar-refractivity contribution in [2.75, 3.05) is 41.0 Å². The zero-order chi connectivity index (χ0) is 33.5. The fourth-order valence-electron chi connectivity index (χ4n) is 6.74. The summed E-state index contributed by atoms with van der Waals surface area (Å²) in [6.45, 7) is 14.9. The van der Waals surface area contributed by atoms with Crippen molar-refractivity contribution in [2.45, 2.75) is 46.6 Å². The molecule has 5 heteroatoms. The summed E-state index contributed by atoms with van der Waals surface area (Å²) in [5, 5.41) is 8.63. The quantitative estimate of drug-likeness (QED) is 0.137. The zero-order valence-corrected chi connectivity index (χ0v) is 28.9. The van der Waals surface area contributed by atoms with E-state index in [-0.39, 0.29) is 12.0 Å². The summed E-state index contributed by atoms with van der Waals surface area (Å²) in [5.74, 6) is 0.864. The van der Waals surface area contributed by atoms with Gasteiger partial charge in [-0.2, -0.15) is 5.10 Å². The van der Waals surface area contributed by atoms with Crippen LogP contribution in [0.25, 0.3) is 23.1 Å². The number of hydrogen-bond acceptors (Lipinski definition) is 5. The number of para-hydroxylation sites is 1. The summed E-state index contributed by atoms with van der Waals surface area (Å²) >= 11 is 0. The van der Waals surface area contributed by atoms with Crippen LogP contribution in [0.1, 0.15) is 55.9 Å². The van der Waals surface area contributed by atoms with E-state index in [1.165, 1.54) is 22.5 Å². The van der Waals surface area contributed by atoms with Gasteiger partial charge in [0.2, 0.25) is 0 Å². The molecule has 5 aromatic rings. The van der Waals surface area contributed by atoms with Crippen molar-refractivity contribution >= 4 is 46.0 Å². The van der Waals surface area contributed by atoms with E-state index in [1.807, 2.05) is 0 Å². The van der Waals surface area contributed by atoms with Crippen molar-refractivity contribution in [3.63, 3.8) is 0 Å². The van der Waals surface area contributed by atoms with Gasteiger partial charge < -0.3 is 9.80 Å². The lowest BCUT2D eigenvalue weighted by atomic mass is 9.87. The minimum absolute atomic E-state index is 0.0113. The summed E-state index contributed by atoms with van der Waals surface area (Å²) in [6.07, 6.45) is 8.93. The highest BCUT2D eigenvalue weighted by Gasteiger charge is 2.37. The van der Waals surface area contributed by atoms with Gasteiger partial charge in [-0.1, -0.05) is 91.0 Å². The molecule has 0 N–H and O–H groups in total. The van der Waals surface area contributed by atoms with Crippen LogP contribution >= 0.6 is 0 Å². The van der Waals surface area contributed by atoms with Gasteiger partial charge in [-0.25, -0.2) is 9.99 Å². The number of fused-ring (bicyclic) bond motifs is 1. The lowest BCUT2D eigenvalue weighted by Gasteiger charge is -2.26. The molecule has 2 heterocycles. The van der Waals surface area contributed by atoms with Crippen LogP contribution in [0.5, 0.6) is 0 Å². The van der Waals surface area contributed by atoms with Gasteiger partial charge in [0.1, 0.15) is 5.82 Å². The number of aryl methyl sites for hydroxylation is 1. The second-order valence-corrected chi connectivity index (χ2v) is 12.3. The number of allylic oxidation sites excluding steroid dienone is 1. The van der Waals surface area contributed by atoms with Gasteiger partial charge in [-0.15, -0.1) is 0 Å². The van der Waals surface area contributed by atoms with Crippen LogP contribution in [0.2, 0.25) is 0 Å². The summed E-state index contributed by atoms with van der Waals surface area (Å²) in [6, 6.07) is 38.9. The SMILES string of the molecule is CCN(CC)c1ccc(C=CC2=NN(c3cc(C)c4ccccc4n3)C(C=Cc3ccc(N(CC)CC)cc3)C2c2ccccc2)cc1. The third-order valence-corrected chi connectivity index (χ3v) is 9.44. The molecular weight excluding hydrogens is 587 g/mol. The molecule has 0 saturated heterocycles. The average molecular weight is 634 g/mol. The monoisotopic (exact) mass is 633 g/mol. The topological polar surface area (TPSA) is 35.0 Å². The summed E-state index contributed by atoms with van der Waals surface area (Å²) in [7, 11) is 0. The van der Waals surface area contributed by atoms with E-state index in [2.05, 4.69) is 183 Å². The third-order valence-electron chi connectivity index (χ3n) is 9.44. The van der Waals surface area contributed by atoms with Gasteiger partial charge in [-0.05, 0) is 99.3 Å². The van der Waals surface area contributed by atoms with Crippen LogP contribution < -0.4 is 14.8 Å². The second-order valence-electron chi connectivity index (χ2n) is 12.3. The van der Waals surface area contributed by atoms with Crippen molar-refractivity contribution in [3.8, 4) is 0 Å². The predicted molar refractivity (Wildman–Crippen MR) is 207 cm³/mol. The van der Waals surface area contributed by atoms with Crippen LogP contribution in [-0.2, 0) is 0 Å². The highest BCUT2D eigenvalue weighted by Crippen LogP contribution is 2.37. The number of hydrogen-bond donors (Lipinski definition) is 0. The minimum atomic E-state index is -0.0763. The Hall–Kier alpha value is -5.16. The maximum Gasteiger partial charge on any atom is 0.150 e. The zero-order valence-electron chi connectivity index (χ0n) is 28.9. The molecule has 6 rings (SSSR count). The molecule has 2 unspecified atom stereocenters. The maximum absolute atomic E-state index is 5.34. The molecular formula is C43H47N5. The number of hydrazone groups is 1. The Morgan fingerprint density at radius 2 is 1.21 bits per heavy atom. The van der Waals surface area contributed by atoms with Crippen LogP contribution in [0.15, 0.2) is 126 Å². The van der Waals surface area contributed by atoms with E-state index in [9.17, 15) is 0 Å². The van der Waals surface area contributed by atoms with E-state index in [1.54, 1.807) is 0 Å². The lowest BCUT2D eigenvalue weighted by Crippen LogP contribution is -2.30. The van der Waals surface area contributed by atoms with Crippen LogP contribution in [0, 0.1) is 6.92 Å². The van der Waals surface area contributed by atoms with E-state index in [0.29, 0.717) is 0 Å².